The average Bonchev–Trinajstić information content (AvgIpc) is 3.61. The molecule has 1 atom stereocenters. The van der Waals surface area contributed by atoms with E-state index in [1.807, 2.05) is 96.5 Å². The smallest absolute Gasteiger partial charge is 0.231 e. The van der Waals surface area contributed by atoms with E-state index < -0.39 is 6.04 Å². The van der Waals surface area contributed by atoms with Crippen molar-refractivity contribution in [2.75, 3.05) is 17.0 Å². The van der Waals surface area contributed by atoms with E-state index >= 15 is 4.39 Å². The summed E-state index contributed by atoms with van der Waals surface area (Å²) in [6, 6.07) is 29.6. The molecule has 200 valence electrons. The molecule has 9 heteroatoms. The van der Waals surface area contributed by atoms with Gasteiger partial charge in [0.25, 0.3) is 0 Å². The van der Waals surface area contributed by atoms with Crippen LogP contribution in [0, 0.1) is 12.7 Å². The molecule has 8 nitrogen and oxygen atoms in total. The van der Waals surface area contributed by atoms with E-state index in [2.05, 4.69) is 10.2 Å². The largest absolute Gasteiger partial charge is 0.454 e. The van der Waals surface area contributed by atoms with E-state index in [-0.39, 0.29) is 12.6 Å². The summed E-state index contributed by atoms with van der Waals surface area (Å²) < 4.78 is 28.6. The number of nitrogens with zero attached hydrogens (tertiary/aromatic N) is 5. The van der Waals surface area contributed by atoms with Gasteiger partial charge in [0.15, 0.2) is 29.0 Å². The van der Waals surface area contributed by atoms with Crippen LogP contribution in [-0.2, 0) is 0 Å². The first-order valence-corrected chi connectivity index (χ1v) is 13.3. The van der Waals surface area contributed by atoms with Gasteiger partial charge in [0.05, 0.1) is 28.8 Å². The van der Waals surface area contributed by atoms with Crippen LogP contribution in [-0.4, -0.2) is 28.2 Å². The summed E-state index contributed by atoms with van der Waals surface area (Å²) in [5.41, 5.74) is 5.32. The van der Waals surface area contributed by atoms with Crippen molar-refractivity contribution in [1.29, 1.82) is 0 Å². The molecule has 1 N–H and O–H groups in total. The van der Waals surface area contributed by atoms with Gasteiger partial charge in [-0.15, -0.1) is 0 Å². The maximum absolute atomic E-state index is 15.7. The standard InChI is InChI=1S/C32H23FN6O2/c1-19-28-29(22-11-5-6-12-23(22)33)38-25-14-8-7-13-24(25)35-30(34-20-15-16-26-27(17-20)41-18-40-26)32(38)36-31(28)39(37-19)21-9-3-2-4-10-21/h2-17,29H,18H2,1H3,(H,34,35). The lowest BCUT2D eigenvalue weighted by Crippen LogP contribution is -2.46. The second-order valence-electron chi connectivity index (χ2n) is 9.94. The molecule has 0 bridgehead atoms. The molecule has 1 unspecified atom stereocenters. The highest BCUT2D eigenvalue weighted by Crippen LogP contribution is 2.48. The van der Waals surface area contributed by atoms with Gasteiger partial charge >= 0.3 is 0 Å². The molecule has 41 heavy (non-hydrogen) atoms. The van der Waals surface area contributed by atoms with Crippen molar-refractivity contribution >= 4 is 34.6 Å². The van der Waals surface area contributed by atoms with Gasteiger partial charge in [-0.1, -0.05) is 48.5 Å². The highest BCUT2D eigenvalue weighted by atomic mass is 19.1. The molecule has 5 aromatic rings. The fourth-order valence-corrected chi connectivity index (χ4v) is 5.65. The number of ether oxygens (including phenoxy) is 2. The third-order valence-corrected chi connectivity index (χ3v) is 7.47. The predicted molar refractivity (Wildman–Crippen MR) is 156 cm³/mol. The lowest BCUT2D eigenvalue weighted by Gasteiger charge is -2.40. The van der Waals surface area contributed by atoms with Gasteiger partial charge in [0.2, 0.25) is 6.79 Å². The van der Waals surface area contributed by atoms with Crippen molar-refractivity contribution in [2.24, 2.45) is 9.98 Å². The Morgan fingerprint density at radius 2 is 1.63 bits per heavy atom. The number of para-hydroxylation sites is 3. The Morgan fingerprint density at radius 1 is 0.854 bits per heavy atom. The van der Waals surface area contributed by atoms with Gasteiger partial charge in [-0.05, 0) is 49.4 Å². The Bertz CT molecular complexity index is 1900. The highest BCUT2D eigenvalue weighted by molar-refractivity contribution is 6.51. The zero-order valence-corrected chi connectivity index (χ0v) is 22.0. The number of aliphatic imine (C=N–C) groups is 2. The Labute approximate surface area is 235 Å². The SMILES string of the molecule is Cc1nn(-c2ccccc2)c2c1C(c1ccccc1F)N1C(=N2)C(Nc2ccc3c(c2)OCO3)=Nc2ccccc21. The molecule has 1 aromatic heterocycles. The van der Waals surface area contributed by atoms with Crippen LogP contribution in [0.2, 0.25) is 0 Å². The second-order valence-corrected chi connectivity index (χ2v) is 9.94. The fourth-order valence-electron chi connectivity index (χ4n) is 5.65. The summed E-state index contributed by atoms with van der Waals surface area (Å²) in [5, 5.41) is 8.35. The molecule has 4 heterocycles. The summed E-state index contributed by atoms with van der Waals surface area (Å²) in [6.07, 6.45) is 0. The minimum atomic E-state index is -0.540. The molecule has 4 aromatic carbocycles. The van der Waals surface area contributed by atoms with Crippen LogP contribution < -0.4 is 19.7 Å². The highest BCUT2D eigenvalue weighted by Gasteiger charge is 2.42. The molecule has 0 fully saturated rings. The van der Waals surface area contributed by atoms with Crippen molar-refractivity contribution < 1.29 is 13.9 Å². The first-order valence-electron chi connectivity index (χ1n) is 13.3. The van der Waals surface area contributed by atoms with Crippen molar-refractivity contribution in [3.05, 3.63) is 120 Å². The van der Waals surface area contributed by atoms with Crippen molar-refractivity contribution in [2.45, 2.75) is 13.0 Å². The number of nitrogens with one attached hydrogen (secondary N) is 1. The summed E-state index contributed by atoms with van der Waals surface area (Å²) in [5.74, 6) is 2.75. The zero-order chi connectivity index (χ0) is 27.5. The number of aryl methyl sites for hydroxylation is 1. The predicted octanol–water partition coefficient (Wildman–Crippen LogP) is 6.84. The Hall–Kier alpha value is -5.44. The van der Waals surface area contributed by atoms with E-state index in [1.54, 1.807) is 6.07 Å². The number of anilines is 2. The summed E-state index contributed by atoms with van der Waals surface area (Å²) in [6.45, 7) is 2.13. The van der Waals surface area contributed by atoms with E-state index in [9.17, 15) is 0 Å². The Kier molecular flexibility index (Phi) is 5.18. The van der Waals surface area contributed by atoms with Crippen molar-refractivity contribution in [1.82, 2.24) is 9.78 Å². The lowest BCUT2D eigenvalue weighted by atomic mass is 9.93. The molecular weight excluding hydrogens is 519 g/mol. The number of amidine groups is 2. The third-order valence-electron chi connectivity index (χ3n) is 7.47. The molecule has 0 radical (unpaired) electrons. The first-order chi connectivity index (χ1) is 20.2. The normalized spacial score (nSPS) is 16.3. The van der Waals surface area contributed by atoms with Gasteiger partial charge in [-0.3, -0.25) is 0 Å². The zero-order valence-electron chi connectivity index (χ0n) is 22.0. The van der Waals surface area contributed by atoms with Crippen LogP contribution in [0.1, 0.15) is 22.9 Å². The molecule has 3 aliphatic rings. The number of hydrogen-bond donors (Lipinski definition) is 1. The van der Waals surface area contributed by atoms with Crippen molar-refractivity contribution in [3.63, 3.8) is 0 Å². The molecule has 0 saturated carbocycles. The van der Waals surface area contributed by atoms with Crippen LogP contribution in [0.5, 0.6) is 11.5 Å². The first kappa shape index (κ1) is 23.4. The van der Waals surface area contributed by atoms with E-state index in [0.29, 0.717) is 34.6 Å². The topological polar surface area (TPSA) is 76.3 Å². The maximum atomic E-state index is 15.7. The molecule has 0 saturated heterocycles. The molecule has 3 aliphatic heterocycles. The minimum Gasteiger partial charge on any atom is -0.454 e. The second kappa shape index (κ2) is 9.06. The van der Waals surface area contributed by atoms with E-state index in [4.69, 9.17) is 24.6 Å². The van der Waals surface area contributed by atoms with Gasteiger partial charge in [-0.2, -0.15) is 5.10 Å². The lowest BCUT2D eigenvalue weighted by molar-refractivity contribution is 0.174. The van der Waals surface area contributed by atoms with Crippen LogP contribution >= 0.6 is 0 Å². The van der Waals surface area contributed by atoms with Crippen LogP contribution in [0.3, 0.4) is 0 Å². The number of benzene rings is 4. The van der Waals surface area contributed by atoms with Crippen LogP contribution in [0.4, 0.5) is 27.3 Å². The molecule has 0 amide bonds. The number of rotatable bonds is 3. The average molecular weight is 543 g/mol. The Morgan fingerprint density at radius 3 is 2.51 bits per heavy atom. The van der Waals surface area contributed by atoms with Gasteiger partial charge in [0.1, 0.15) is 5.82 Å². The van der Waals surface area contributed by atoms with E-state index in [0.717, 1.165) is 34.0 Å². The molecule has 0 spiro atoms. The fraction of sp³-hybridized carbons (Fsp3) is 0.0938. The third kappa shape index (κ3) is 3.70. The Balaban J connectivity index is 1.37. The molecule has 0 aliphatic carbocycles. The van der Waals surface area contributed by atoms with Gasteiger partial charge in [-0.25, -0.2) is 19.1 Å². The number of aromatic nitrogens is 2. The van der Waals surface area contributed by atoms with Gasteiger partial charge in [0, 0.05) is 22.9 Å². The monoisotopic (exact) mass is 542 g/mol. The molecular formula is C32H23FN6O2. The molecule has 8 rings (SSSR count). The van der Waals surface area contributed by atoms with Crippen LogP contribution in [0.25, 0.3) is 5.69 Å². The number of halogens is 1. The minimum absolute atomic E-state index is 0.184. The van der Waals surface area contributed by atoms with Crippen molar-refractivity contribution in [3.8, 4) is 17.2 Å². The summed E-state index contributed by atoms with van der Waals surface area (Å²) in [7, 11) is 0. The summed E-state index contributed by atoms with van der Waals surface area (Å²) >= 11 is 0. The van der Waals surface area contributed by atoms with E-state index in [1.165, 1.54) is 6.07 Å². The van der Waals surface area contributed by atoms with Gasteiger partial charge < -0.3 is 19.7 Å². The maximum Gasteiger partial charge on any atom is 0.231 e. The number of fused-ring (bicyclic) bond motifs is 5. The quantitative estimate of drug-likeness (QED) is 0.270. The number of hydrogen-bond acceptors (Lipinski definition) is 7. The summed E-state index contributed by atoms with van der Waals surface area (Å²) in [4.78, 5) is 12.2. The van der Waals surface area contributed by atoms with Crippen LogP contribution in [0.15, 0.2) is 107 Å².